The Labute approximate surface area is 786 Å². The fourth-order valence-electron chi connectivity index (χ4n) is 19.4. The van der Waals surface area contributed by atoms with Crippen LogP contribution in [0.4, 0.5) is 36.3 Å². The van der Waals surface area contributed by atoms with Crippen LogP contribution in [0.25, 0.3) is 95.5 Å². The molecule has 1 unspecified atom stereocenters. The van der Waals surface area contributed by atoms with Gasteiger partial charge in [0.05, 0.1) is 120 Å². The van der Waals surface area contributed by atoms with Gasteiger partial charge in [0.15, 0.2) is 11.6 Å². The maximum absolute atomic E-state index is 13.6. The molecule has 4 aromatic carbocycles. The van der Waals surface area contributed by atoms with E-state index in [0.717, 1.165) is 128 Å². The molecule has 16 heterocycles. The molecule has 0 bridgehead atoms. The van der Waals surface area contributed by atoms with Gasteiger partial charge in [-0.3, -0.25) is 28.6 Å². The summed E-state index contributed by atoms with van der Waals surface area (Å²) in [6.07, 6.45) is 9.30. The van der Waals surface area contributed by atoms with E-state index in [1.807, 2.05) is 153 Å². The number of nitrogens with one attached hydrogen (secondary N) is 1. The number of morpholine rings is 2. The highest BCUT2D eigenvalue weighted by atomic mass is 19.4. The molecule has 29 nitrogen and oxygen atoms in total. The van der Waals surface area contributed by atoms with Crippen LogP contribution in [0.2, 0.25) is 0 Å². The van der Waals surface area contributed by atoms with E-state index in [-0.39, 0.29) is 58.8 Å². The Morgan fingerprint density at radius 2 is 0.919 bits per heavy atom. The standard InChI is InChI=1S/C28H30N4O2.C26H29N5O2.C26H28N4O2.C24H30F3N9O/c1-7-31-23-15-24-22(14-21(23)28(4,5)27(31)34)29-25(20-13-17(2)26(33)30(6)16-20)32(24)18(3)19-11-9-8-10-12-19;1-17-12-21(15-29(4)26(17)32)25-28-22-14-27-24(30-10-11-33-16-18(30)2)13-23(22)31(25)19(3)20-8-6-5-7-9-20;1-17-13-21(16-29(3)26(17)31)25-28-23-15-27-22(20-9-11-32-12-10-20)14-24(23)30(25)18(2)19-7-5-4-6-8-19;1-13(2)29-21-23-33-32-16(5)35(23)11-18(30-21)22-31-17-10-28-20(34-6-7-37-12-15(34)4)8-19(17)36(22)14(3)9-24(25,26)27/h8-16,18H,7H2,1-6H3;5-9,12-15,18-19H,10-11,16H2,1-4H3;4-8,13-16,18,20H,9-12H2,1-3H3;8,10-11,13-15H,6-7,9,12H2,1-5H3,(H,29,30)/t18-;18-,19-;18-;14?,15-/m0000/s1. The number of pyridine rings is 6. The lowest BCUT2D eigenvalue weighted by molar-refractivity contribution is -0.141. The molecule has 0 spiro atoms. The number of aromatic nitrogens is 18. The highest BCUT2D eigenvalue weighted by molar-refractivity contribution is 6.09. The Morgan fingerprint density at radius 3 is 1.35 bits per heavy atom. The van der Waals surface area contributed by atoms with Crippen LogP contribution in [-0.4, -0.2) is 176 Å². The van der Waals surface area contributed by atoms with Crippen LogP contribution in [-0.2, 0) is 45.6 Å². The zero-order valence-corrected chi connectivity index (χ0v) is 80.3. The van der Waals surface area contributed by atoms with Gasteiger partial charge in [-0.1, -0.05) is 91.0 Å². The molecule has 3 saturated heterocycles. The van der Waals surface area contributed by atoms with Crippen molar-refractivity contribution in [1.29, 1.82) is 0 Å². The van der Waals surface area contributed by atoms with Crippen molar-refractivity contribution in [1.82, 2.24) is 86.4 Å². The second kappa shape index (κ2) is 38.5. The van der Waals surface area contributed by atoms with Gasteiger partial charge < -0.3 is 66.2 Å². The van der Waals surface area contributed by atoms with Crippen molar-refractivity contribution in [2.45, 2.75) is 183 Å². The van der Waals surface area contributed by atoms with E-state index >= 15 is 0 Å². The Morgan fingerprint density at radius 1 is 0.493 bits per heavy atom. The maximum Gasteiger partial charge on any atom is 0.391 e. The average molecular weight is 1840 g/mol. The summed E-state index contributed by atoms with van der Waals surface area (Å²) in [5.41, 5.74) is 18.5. The lowest BCUT2D eigenvalue weighted by Gasteiger charge is -2.34. The van der Waals surface area contributed by atoms with Crippen LogP contribution in [0.3, 0.4) is 0 Å². The summed E-state index contributed by atoms with van der Waals surface area (Å²) in [6.45, 7) is 35.7. The summed E-state index contributed by atoms with van der Waals surface area (Å²) in [7, 11) is 5.34. The monoisotopic (exact) mass is 1840 g/mol. The Kier molecular flexibility index (Phi) is 26.6. The number of amides is 1. The van der Waals surface area contributed by atoms with Crippen molar-refractivity contribution in [3.8, 4) is 45.7 Å². The Balaban J connectivity index is 0.000000126. The molecule has 706 valence electrons. The SMILES string of the molecule is CCN1C(=O)C(C)(C)c2cc3nc(-c4cc(C)c(=O)n(C)c4)n([C@@H](C)c4ccccc4)c3cc21.Cc1cc(-c2nc3cnc(C4CCOCC4)cc3n2[C@@H](C)c2ccccc2)cn(C)c1=O.Cc1cc(-c2nc3cnc(N4CCOC[C@@H]4C)cc3n2[C@@H](C)c2ccccc2)cn(C)c1=O.Cc1nnc2c(NC(C)C)nc(-c3nc4cnc(N5CCOC[C@@H]5C)cc4n3C(C)CC(F)(F)F)cn12. The molecule has 16 aromatic rings. The number of carbonyl (C=O) groups excluding carboxylic acids is 1. The van der Waals surface area contributed by atoms with Crippen molar-refractivity contribution in [2.24, 2.45) is 21.1 Å². The highest BCUT2D eigenvalue weighted by Gasteiger charge is 2.45. The van der Waals surface area contributed by atoms with E-state index in [2.05, 4.69) is 157 Å². The third-order valence-electron chi connectivity index (χ3n) is 26.6. The van der Waals surface area contributed by atoms with Gasteiger partial charge in [-0.25, -0.2) is 34.9 Å². The van der Waals surface area contributed by atoms with Crippen molar-refractivity contribution in [3.63, 3.8) is 0 Å². The number of carbonyl (C=O) groups is 1. The summed E-state index contributed by atoms with van der Waals surface area (Å²) in [5, 5.41) is 11.6. The first-order valence-corrected chi connectivity index (χ1v) is 46.7. The van der Waals surface area contributed by atoms with Crippen LogP contribution in [0, 0.1) is 27.7 Å². The largest absolute Gasteiger partial charge is 0.391 e. The predicted octanol–water partition coefficient (Wildman–Crippen LogP) is 17.9. The first kappa shape index (κ1) is 93.9. The summed E-state index contributed by atoms with van der Waals surface area (Å²) in [4.78, 5) is 95.0. The number of nitrogens with zero attached hydrogens (tertiary/aromatic N) is 21. The van der Waals surface area contributed by atoms with Crippen molar-refractivity contribution in [2.75, 3.05) is 79.3 Å². The average Bonchev–Trinajstić information content (AvgIpc) is 1.60. The number of imidazole rings is 4. The van der Waals surface area contributed by atoms with Crippen molar-refractivity contribution < 1.29 is 32.2 Å². The molecular formula is C104H117F3N22O7. The van der Waals surface area contributed by atoms with Crippen molar-refractivity contribution in [3.05, 3.63) is 264 Å². The fraction of sp³-hybridized carbons (Fsp3) is 0.385. The normalized spacial score (nSPS) is 16.7. The number of aryl methyl sites for hydroxylation is 7. The summed E-state index contributed by atoms with van der Waals surface area (Å²) >= 11 is 0. The molecule has 4 aliphatic rings. The van der Waals surface area contributed by atoms with Gasteiger partial charge in [0.1, 0.15) is 57.2 Å². The zero-order valence-electron chi connectivity index (χ0n) is 80.3. The van der Waals surface area contributed by atoms with Crippen LogP contribution < -0.4 is 36.7 Å². The van der Waals surface area contributed by atoms with Crippen LogP contribution in [0.5, 0.6) is 0 Å². The second-order valence-electron chi connectivity index (χ2n) is 37.2. The van der Waals surface area contributed by atoms with E-state index in [0.29, 0.717) is 108 Å². The lowest BCUT2D eigenvalue weighted by Crippen LogP contribution is -2.44. The minimum Gasteiger partial charge on any atom is -0.381 e. The maximum atomic E-state index is 13.6. The van der Waals surface area contributed by atoms with Crippen LogP contribution in [0.15, 0.2) is 197 Å². The number of hydrogen-bond donors (Lipinski definition) is 1. The molecule has 0 saturated carbocycles. The fourth-order valence-corrected chi connectivity index (χ4v) is 19.4. The molecule has 4 aliphatic heterocycles. The minimum absolute atomic E-state index is 0.00257. The topological polar surface area (TPSA) is 286 Å². The molecular weight excluding hydrogens is 1730 g/mol. The number of likely N-dealkylation sites (N-methyl/N-ethyl adjacent to an activating group) is 1. The third-order valence-corrected chi connectivity index (χ3v) is 26.6. The molecule has 12 aromatic heterocycles. The van der Waals surface area contributed by atoms with Crippen molar-refractivity contribution >= 4 is 78.8 Å². The lowest BCUT2D eigenvalue weighted by atomic mass is 9.86. The smallest absolute Gasteiger partial charge is 0.381 e. The number of fused-ring (bicyclic) bond motifs is 6. The van der Waals surface area contributed by atoms with Gasteiger partial charge in [0, 0.05) is 148 Å². The van der Waals surface area contributed by atoms with Gasteiger partial charge in [-0.15, -0.1) is 10.2 Å². The predicted molar refractivity (Wildman–Crippen MR) is 527 cm³/mol. The van der Waals surface area contributed by atoms with E-state index in [9.17, 15) is 32.3 Å². The van der Waals surface area contributed by atoms with Gasteiger partial charge >= 0.3 is 6.18 Å². The van der Waals surface area contributed by atoms with E-state index in [1.165, 1.54) is 11.1 Å². The molecule has 136 heavy (non-hydrogen) atoms. The van der Waals surface area contributed by atoms with E-state index < -0.39 is 24.1 Å². The first-order valence-electron chi connectivity index (χ1n) is 46.7. The number of hydrogen-bond acceptors (Lipinski definition) is 20. The number of anilines is 4. The summed E-state index contributed by atoms with van der Waals surface area (Å²) in [5.74, 6) is 6.05. The highest BCUT2D eigenvalue weighted by Crippen LogP contribution is 2.47. The number of alkyl halides is 3. The molecule has 32 heteroatoms. The molecule has 0 aliphatic carbocycles. The van der Waals surface area contributed by atoms with Gasteiger partial charge in [-0.05, 0) is 175 Å². The van der Waals surface area contributed by atoms with Gasteiger partial charge in [0.2, 0.25) is 11.6 Å². The molecule has 6 atom stereocenters. The Hall–Kier alpha value is -13.9. The van der Waals surface area contributed by atoms with Gasteiger partial charge in [0.25, 0.3) is 16.7 Å². The molecule has 3 fully saturated rings. The number of benzene rings is 4. The summed E-state index contributed by atoms with van der Waals surface area (Å²) < 4.78 is 72.4. The molecule has 1 N–H and O–H groups in total. The third kappa shape index (κ3) is 18.6. The van der Waals surface area contributed by atoms with Gasteiger partial charge in [-0.2, -0.15) is 13.2 Å². The van der Waals surface area contributed by atoms with E-state index in [1.54, 1.807) is 70.1 Å². The first-order chi connectivity index (χ1) is 65.1. The molecule has 1 amide bonds. The van der Waals surface area contributed by atoms with Crippen LogP contribution >= 0.6 is 0 Å². The number of halogens is 3. The quantitative estimate of drug-likeness (QED) is 0.0835. The number of ether oxygens (including phenoxy) is 3. The zero-order chi connectivity index (χ0) is 96.2. The number of rotatable bonds is 18. The van der Waals surface area contributed by atoms with Crippen LogP contribution in [0.1, 0.15) is 176 Å². The second-order valence-corrected chi connectivity index (χ2v) is 37.2. The Bertz CT molecular complexity index is 7250. The van der Waals surface area contributed by atoms with E-state index in [4.69, 9.17) is 49.1 Å². The molecule has 0 radical (unpaired) electrons. The summed E-state index contributed by atoms with van der Waals surface area (Å²) in [6, 6.07) is 46.9. The minimum atomic E-state index is -4.35. The molecule has 20 rings (SSSR count).